The lowest BCUT2D eigenvalue weighted by Crippen LogP contribution is -2.35. The molecule has 0 bridgehead atoms. The number of allylic oxidation sites excluding steroid dienone is 1. The van der Waals surface area contributed by atoms with Crippen molar-refractivity contribution >= 4 is 0 Å². The molecule has 0 saturated heterocycles. The summed E-state index contributed by atoms with van der Waals surface area (Å²) < 4.78 is 0. The van der Waals surface area contributed by atoms with E-state index in [-0.39, 0.29) is 0 Å². The zero-order valence-electron chi connectivity index (χ0n) is 14.3. The van der Waals surface area contributed by atoms with E-state index >= 15 is 0 Å². The third-order valence-corrected chi connectivity index (χ3v) is 5.95. The van der Waals surface area contributed by atoms with Gasteiger partial charge in [-0.1, -0.05) is 30.4 Å². The van der Waals surface area contributed by atoms with Gasteiger partial charge in [0.2, 0.25) is 0 Å². The van der Waals surface area contributed by atoms with Crippen LogP contribution >= 0.6 is 0 Å². The smallest absolute Gasteiger partial charge is 0.0725 e. The summed E-state index contributed by atoms with van der Waals surface area (Å²) in [5, 5.41) is 10.6. The summed E-state index contributed by atoms with van der Waals surface area (Å²) in [6, 6.07) is 7.02. The van der Waals surface area contributed by atoms with Crippen molar-refractivity contribution in [1.82, 2.24) is 0 Å². The van der Waals surface area contributed by atoms with E-state index in [0.717, 1.165) is 31.1 Å². The first-order valence-electron chi connectivity index (χ1n) is 9.19. The number of rotatable bonds is 5. The van der Waals surface area contributed by atoms with E-state index in [1.54, 1.807) is 0 Å². The minimum absolute atomic E-state index is 0.570. The van der Waals surface area contributed by atoms with Gasteiger partial charge in [-0.3, -0.25) is 0 Å². The van der Waals surface area contributed by atoms with Gasteiger partial charge in [0.15, 0.2) is 0 Å². The number of benzene rings is 1. The molecule has 2 aliphatic carbocycles. The Morgan fingerprint density at radius 2 is 1.87 bits per heavy atom. The number of aryl methyl sites for hydroxylation is 1. The average Bonchev–Trinajstić information content (AvgIpc) is 2.55. The topological polar surface area (TPSA) is 20.2 Å². The predicted octanol–water partition coefficient (Wildman–Crippen LogP) is 5.33. The van der Waals surface area contributed by atoms with Crippen molar-refractivity contribution in [2.75, 3.05) is 0 Å². The fourth-order valence-electron chi connectivity index (χ4n) is 4.53. The van der Waals surface area contributed by atoms with Gasteiger partial charge >= 0.3 is 0 Å². The van der Waals surface area contributed by atoms with Crippen molar-refractivity contribution < 1.29 is 5.11 Å². The van der Waals surface area contributed by atoms with Crippen LogP contribution in [0.1, 0.15) is 67.6 Å². The Bertz CT molecular complexity index is 565. The molecule has 1 fully saturated rings. The number of hydrogen-bond acceptors (Lipinski definition) is 1. The van der Waals surface area contributed by atoms with Crippen molar-refractivity contribution in [3.8, 4) is 0 Å². The van der Waals surface area contributed by atoms with Crippen LogP contribution in [0.5, 0.6) is 0 Å². The van der Waals surface area contributed by atoms with E-state index in [1.807, 2.05) is 6.08 Å². The molecular weight excluding hydrogens is 280 g/mol. The molecule has 1 aromatic rings. The maximum atomic E-state index is 10.6. The van der Waals surface area contributed by atoms with Gasteiger partial charge in [0.05, 0.1) is 5.60 Å². The summed E-state index contributed by atoms with van der Waals surface area (Å²) in [5.41, 5.74) is 3.75. The quantitative estimate of drug-likeness (QED) is 0.729. The molecule has 0 radical (unpaired) electrons. The van der Waals surface area contributed by atoms with Crippen LogP contribution in [0.2, 0.25) is 0 Å². The standard InChI is InChI=1S/C22H30O/c1-3-5-17-6-8-18(9-7-17)19-10-11-21-16-22(23,13-4-2)14-12-20(21)15-19/h3-4,10-11,15,17-18,23H,1-2,5-9,12-14,16H2. The first-order chi connectivity index (χ1) is 11.1. The normalized spacial score (nSPS) is 30.5. The van der Waals surface area contributed by atoms with Crippen molar-refractivity contribution in [1.29, 1.82) is 0 Å². The highest BCUT2D eigenvalue weighted by molar-refractivity contribution is 5.37. The van der Waals surface area contributed by atoms with Crippen molar-refractivity contribution in [2.45, 2.75) is 69.3 Å². The lowest BCUT2D eigenvalue weighted by molar-refractivity contribution is 0.0294. The largest absolute Gasteiger partial charge is 0.389 e. The minimum atomic E-state index is -0.570. The van der Waals surface area contributed by atoms with Gasteiger partial charge in [0.25, 0.3) is 0 Å². The van der Waals surface area contributed by atoms with Crippen LogP contribution in [-0.2, 0) is 12.8 Å². The molecule has 1 aromatic carbocycles. The summed E-state index contributed by atoms with van der Waals surface area (Å²) in [4.78, 5) is 0. The van der Waals surface area contributed by atoms with Gasteiger partial charge in [0, 0.05) is 6.42 Å². The number of fused-ring (bicyclic) bond motifs is 1. The van der Waals surface area contributed by atoms with Crippen LogP contribution < -0.4 is 0 Å². The van der Waals surface area contributed by atoms with Gasteiger partial charge in [-0.15, -0.1) is 13.2 Å². The second-order valence-corrected chi connectivity index (χ2v) is 7.66. The molecule has 0 aromatic heterocycles. The third kappa shape index (κ3) is 3.77. The molecular formula is C22H30O. The molecule has 124 valence electrons. The summed E-state index contributed by atoms with van der Waals surface area (Å²) in [6.07, 6.45) is 13.8. The molecule has 0 spiro atoms. The van der Waals surface area contributed by atoms with Crippen molar-refractivity contribution in [3.05, 3.63) is 60.2 Å². The van der Waals surface area contributed by atoms with E-state index in [9.17, 15) is 5.11 Å². The number of aliphatic hydroxyl groups is 1. The van der Waals surface area contributed by atoms with Gasteiger partial charge in [0.1, 0.15) is 0 Å². The Morgan fingerprint density at radius 3 is 2.57 bits per heavy atom. The summed E-state index contributed by atoms with van der Waals surface area (Å²) in [5.74, 6) is 1.59. The van der Waals surface area contributed by atoms with Crippen molar-refractivity contribution in [2.24, 2.45) is 5.92 Å². The second kappa shape index (κ2) is 7.05. The Hall–Kier alpha value is -1.34. The van der Waals surface area contributed by atoms with Crippen LogP contribution in [-0.4, -0.2) is 10.7 Å². The summed E-state index contributed by atoms with van der Waals surface area (Å²) in [7, 11) is 0. The SMILES string of the molecule is C=CCC1CCC(c2ccc3c(c2)CCC(O)(CC=C)C3)CC1. The summed E-state index contributed by atoms with van der Waals surface area (Å²) in [6.45, 7) is 7.66. The second-order valence-electron chi connectivity index (χ2n) is 7.66. The predicted molar refractivity (Wildman–Crippen MR) is 97.7 cm³/mol. The van der Waals surface area contributed by atoms with Crippen LogP contribution in [0.4, 0.5) is 0 Å². The van der Waals surface area contributed by atoms with Crippen LogP contribution in [0, 0.1) is 5.92 Å². The van der Waals surface area contributed by atoms with E-state index in [0.29, 0.717) is 6.42 Å². The van der Waals surface area contributed by atoms with E-state index in [2.05, 4.69) is 37.4 Å². The molecule has 1 atom stereocenters. The first kappa shape index (κ1) is 16.5. The average molecular weight is 310 g/mol. The summed E-state index contributed by atoms with van der Waals surface area (Å²) >= 11 is 0. The van der Waals surface area contributed by atoms with Crippen LogP contribution in [0.25, 0.3) is 0 Å². The molecule has 0 heterocycles. The van der Waals surface area contributed by atoms with Crippen LogP contribution in [0.3, 0.4) is 0 Å². The van der Waals surface area contributed by atoms with Gasteiger partial charge in [-0.25, -0.2) is 0 Å². The Labute approximate surface area is 141 Å². The third-order valence-electron chi connectivity index (χ3n) is 5.95. The zero-order chi connectivity index (χ0) is 16.3. The molecule has 23 heavy (non-hydrogen) atoms. The van der Waals surface area contributed by atoms with Gasteiger partial charge in [-0.2, -0.15) is 0 Å². The van der Waals surface area contributed by atoms with Gasteiger partial charge in [-0.05, 0) is 79.9 Å². The molecule has 1 unspecified atom stereocenters. The number of hydrogen-bond donors (Lipinski definition) is 1. The van der Waals surface area contributed by atoms with E-state index < -0.39 is 5.60 Å². The first-order valence-corrected chi connectivity index (χ1v) is 9.19. The maximum absolute atomic E-state index is 10.6. The maximum Gasteiger partial charge on any atom is 0.0725 e. The highest BCUT2D eigenvalue weighted by Crippen LogP contribution is 2.39. The highest BCUT2D eigenvalue weighted by Gasteiger charge is 2.31. The molecule has 0 aliphatic heterocycles. The zero-order valence-corrected chi connectivity index (χ0v) is 14.3. The molecule has 2 aliphatic rings. The van der Waals surface area contributed by atoms with E-state index in [1.165, 1.54) is 48.8 Å². The Balaban J connectivity index is 1.68. The fraction of sp³-hybridized carbons (Fsp3) is 0.545. The molecule has 1 nitrogen and oxygen atoms in total. The molecule has 3 rings (SSSR count). The lowest BCUT2D eigenvalue weighted by atomic mass is 9.74. The van der Waals surface area contributed by atoms with Crippen LogP contribution in [0.15, 0.2) is 43.5 Å². The Kier molecular flexibility index (Phi) is 5.06. The Morgan fingerprint density at radius 1 is 1.09 bits per heavy atom. The lowest BCUT2D eigenvalue weighted by Gasteiger charge is -2.34. The monoisotopic (exact) mass is 310 g/mol. The highest BCUT2D eigenvalue weighted by atomic mass is 16.3. The molecule has 1 saturated carbocycles. The minimum Gasteiger partial charge on any atom is -0.389 e. The van der Waals surface area contributed by atoms with Gasteiger partial charge < -0.3 is 5.11 Å². The fourth-order valence-corrected chi connectivity index (χ4v) is 4.53. The van der Waals surface area contributed by atoms with Crippen molar-refractivity contribution in [3.63, 3.8) is 0 Å². The van der Waals surface area contributed by atoms with E-state index in [4.69, 9.17) is 0 Å². The molecule has 1 heteroatoms. The molecule has 1 N–H and O–H groups in total. The molecule has 0 amide bonds.